The molecule has 0 atom stereocenters. The minimum Gasteiger partial charge on any atom is -0.309 e. The molecule has 1 aliphatic heterocycles. The fourth-order valence-electron chi connectivity index (χ4n) is 11.8. The number of nitrogens with zero attached hydrogens (tertiary/aromatic N) is 1. The van der Waals surface area contributed by atoms with Crippen LogP contribution in [0.5, 0.6) is 0 Å². The first-order chi connectivity index (χ1) is 24.2. The van der Waals surface area contributed by atoms with Gasteiger partial charge in [0.1, 0.15) is 0 Å². The number of rotatable bonds is 4. The van der Waals surface area contributed by atoms with Crippen molar-refractivity contribution in [1.29, 1.82) is 0 Å². The lowest BCUT2D eigenvalue weighted by Crippen LogP contribution is -2.57. The molecule has 0 radical (unpaired) electrons. The van der Waals surface area contributed by atoms with Crippen LogP contribution >= 0.6 is 11.8 Å². The molecule has 5 aromatic rings. The van der Waals surface area contributed by atoms with Gasteiger partial charge in [-0.3, -0.25) is 0 Å². The van der Waals surface area contributed by atoms with Crippen LogP contribution in [0.25, 0.3) is 11.1 Å². The van der Waals surface area contributed by atoms with Gasteiger partial charge in [-0.1, -0.05) is 124 Å². The summed E-state index contributed by atoms with van der Waals surface area (Å²) in [4.78, 5) is 5.63. The third-order valence-electron chi connectivity index (χ3n) is 13.9. The smallest absolute Gasteiger partial charge is 0.0604 e. The van der Waals surface area contributed by atoms with E-state index in [4.69, 9.17) is 0 Å². The molecule has 4 saturated carbocycles. The number of anilines is 3. The molecule has 0 saturated heterocycles. The van der Waals surface area contributed by atoms with Crippen LogP contribution in [0.1, 0.15) is 94.9 Å². The normalized spacial score (nSPS) is 27.8. The van der Waals surface area contributed by atoms with Gasteiger partial charge in [0.15, 0.2) is 0 Å². The Hall–Kier alpha value is -3.75. The Labute approximate surface area is 303 Å². The zero-order valence-electron chi connectivity index (χ0n) is 30.1. The summed E-state index contributed by atoms with van der Waals surface area (Å²) in [6.45, 7) is 9.88. The van der Waals surface area contributed by atoms with E-state index in [2.05, 4.69) is 148 Å². The van der Waals surface area contributed by atoms with Crippen molar-refractivity contribution in [3.8, 4) is 11.1 Å². The number of hydrogen-bond donors (Lipinski definition) is 0. The highest BCUT2D eigenvalue weighted by atomic mass is 32.2. The fourth-order valence-corrected chi connectivity index (χ4v) is 13.1. The molecule has 4 bridgehead atoms. The summed E-state index contributed by atoms with van der Waals surface area (Å²) in [6.07, 6.45) is 9.47. The molecule has 0 aromatic heterocycles. The molecule has 0 unspecified atom stereocenters. The number of hydrogen-bond acceptors (Lipinski definition) is 2. The standard InChI is InChI=1S/C48H49NS/c1-46(2)24-25-47(3,4)44-39(46)15-10-17-41(44)49(37-22-20-34(21-23-37)33-12-6-5-7-13-33)42-18-11-16-40-45(42)50-43-19-9-8-14-38(43)48(40)35-27-31-26-32(29-35)30-36(48)28-31/h5-23,31-32,35-36H,24-30H2,1-4H3. The van der Waals surface area contributed by atoms with E-state index in [0.717, 1.165) is 23.7 Å². The Balaban J connectivity index is 1.22. The molecular weight excluding hydrogens is 623 g/mol. The zero-order chi connectivity index (χ0) is 33.8. The minimum atomic E-state index is 0.0703. The van der Waals surface area contributed by atoms with Crippen molar-refractivity contribution in [2.75, 3.05) is 4.90 Å². The topological polar surface area (TPSA) is 3.24 Å². The highest BCUT2D eigenvalue weighted by Crippen LogP contribution is 2.69. The summed E-state index contributed by atoms with van der Waals surface area (Å²) in [5, 5.41) is 0. The summed E-state index contributed by atoms with van der Waals surface area (Å²) < 4.78 is 0. The van der Waals surface area contributed by atoms with Crippen LogP contribution < -0.4 is 4.90 Å². The van der Waals surface area contributed by atoms with E-state index in [1.165, 1.54) is 94.1 Å². The maximum absolute atomic E-state index is 2.67. The van der Waals surface area contributed by atoms with Gasteiger partial charge in [-0.25, -0.2) is 0 Å². The number of fused-ring (bicyclic) bond motifs is 3. The van der Waals surface area contributed by atoms with E-state index >= 15 is 0 Å². The summed E-state index contributed by atoms with van der Waals surface area (Å²) in [6, 6.07) is 44.4. The Kier molecular flexibility index (Phi) is 6.90. The van der Waals surface area contributed by atoms with Crippen molar-refractivity contribution in [3.63, 3.8) is 0 Å². The van der Waals surface area contributed by atoms with Gasteiger partial charge in [0.05, 0.1) is 11.4 Å². The molecule has 252 valence electrons. The van der Waals surface area contributed by atoms with Crippen LogP contribution in [-0.2, 0) is 16.2 Å². The van der Waals surface area contributed by atoms with Gasteiger partial charge in [0.25, 0.3) is 0 Å². The predicted molar refractivity (Wildman–Crippen MR) is 210 cm³/mol. The van der Waals surface area contributed by atoms with Crippen molar-refractivity contribution in [2.24, 2.45) is 23.7 Å². The summed E-state index contributed by atoms with van der Waals surface area (Å²) in [7, 11) is 0. The summed E-state index contributed by atoms with van der Waals surface area (Å²) in [5.41, 5.74) is 13.0. The van der Waals surface area contributed by atoms with Gasteiger partial charge < -0.3 is 4.90 Å². The molecule has 5 aliphatic carbocycles. The Morgan fingerprint density at radius 2 is 1.10 bits per heavy atom. The third kappa shape index (κ3) is 4.46. The molecule has 50 heavy (non-hydrogen) atoms. The highest BCUT2D eigenvalue weighted by molar-refractivity contribution is 7.99. The van der Waals surface area contributed by atoms with Gasteiger partial charge in [-0.15, -0.1) is 0 Å². The van der Waals surface area contributed by atoms with E-state index in [-0.39, 0.29) is 16.2 Å². The molecule has 4 fully saturated rings. The van der Waals surface area contributed by atoms with Crippen molar-refractivity contribution in [3.05, 3.63) is 138 Å². The SMILES string of the molecule is CC1(C)CCC(C)(C)c2c(N(c3ccc(-c4ccccc4)cc3)c3cccc4c3Sc3ccccc3C43C4CC5CC(C4)CC3C5)cccc21. The molecule has 1 nitrogen and oxygen atoms in total. The van der Waals surface area contributed by atoms with E-state index in [0.29, 0.717) is 0 Å². The second-order valence-corrected chi connectivity index (χ2v) is 18.7. The van der Waals surface area contributed by atoms with Crippen LogP contribution in [0.2, 0.25) is 0 Å². The average molecular weight is 672 g/mol. The monoisotopic (exact) mass is 671 g/mol. The lowest BCUT2D eigenvalue weighted by Gasteiger charge is -2.63. The minimum absolute atomic E-state index is 0.0703. The Bertz CT molecular complexity index is 2080. The van der Waals surface area contributed by atoms with E-state index < -0.39 is 0 Å². The van der Waals surface area contributed by atoms with Crippen LogP contribution in [0, 0.1) is 23.7 Å². The average Bonchev–Trinajstić information content (AvgIpc) is 3.13. The maximum atomic E-state index is 2.67. The largest absolute Gasteiger partial charge is 0.309 e. The Morgan fingerprint density at radius 1 is 0.520 bits per heavy atom. The van der Waals surface area contributed by atoms with Crippen molar-refractivity contribution in [1.82, 2.24) is 0 Å². The molecule has 2 heteroatoms. The molecule has 1 heterocycles. The number of benzene rings is 5. The van der Waals surface area contributed by atoms with Gasteiger partial charge in [0.2, 0.25) is 0 Å². The van der Waals surface area contributed by atoms with Crippen molar-refractivity contribution < 1.29 is 0 Å². The second-order valence-electron chi connectivity index (χ2n) is 17.6. The maximum Gasteiger partial charge on any atom is 0.0604 e. The lowest BCUT2D eigenvalue weighted by atomic mass is 9.42. The van der Waals surface area contributed by atoms with E-state index in [1.54, 1.807) is 11.1 Å². The molecule has 1 spiro atoms. The van der Waals surface area contributed by atoms with Crippen LogP contribution in [0.4, 0.5) is 17.1 Å². The van der Waals surface area contributed by atoms with Gasteiger partial charge in [-0.2, -0.15) is 0 Å². The van der Waals surface area contributed by atoms with Crippen LogP contribution in [-0.4, -0.2) is 0 Å². The predicted octanol–water partition coefficient (Wildman–Crippen LogP) is 13.4. The van der Waals surface area contributed by atoms with Crippen molar-refractivity contribution in [2.45, 2.75) is 98.7 Å². The summed E-state index contributed by atoms with van der Waals surface area (Å²) >= 11 is 2.04. The van der Waals surface area contributed by atoms with Gasteiger partial charge >= 0.3 is 0 Å². The first-order valence-electron chi connectivity index (χ1n) is 19.2. The lowest BCUT2D eigenvalue weighted by molar-refractivity contribution is -0.0443. The first kappa shape index (κ1) is 31.0. The van der Waals surface area contributed by atoms with Gasteiger partial charge in [-0.05, 0) is 143 Å². The van der Waals surface area contributed by atoms with Crippen molar-refractivity contribution >= 4 is 28.8 Å². The second kappa shape index (κ2) is 11.1. The molecule has 0 amide bonds. The Morgan fingerprint density at radius 3 is 1.82 bits per heavy atom. The quantitative estimate of drug-likeness (QED) is 0.187. The van der Waals surface area contributed by atoms with E-state index in [1.807, 2.05) is 11.8 Å². The molecule has 5 aromatic carbocycles. The summed E-state index contributed by atoms with van der Waals surface area (Å²) in [5.74, 6) is 3.32. The zero-order valence-corrected chi connectivity index (χ0v) is 30.9. The van der Waals surface area contributed by atoms with E-state index in [9.17, 15) is 0 Å². The molecule has 0 N–H and O–H groups in total. The fraction of sp³-hybridized carbons (Fsp3) is 0.375. The molecule has 11 rings (SSSR count). The molecule has 6 aliphatic rings. The van der Waals surface area contributed by atoms with Crippen LogP contribution in [0.3, 0.4) is 0 Å². The highest BCUT2D eigenvalue weighted by Gasteiger charge is 2.61. The van der Waals surface area contributed by atoms with Crippen LogP contribution in [0.15, 0.2) is 125 Å². The molecular formula is C48H49NS. The van der Waals surface area contributed by atoms with Gasteiger partial charge in [0, 0.05) is 20.9 Å². The first-order valence-corrected chi connectivity index (χ1v) is 20.1. The third-order valence-corrected chi connectivity index (χ3v) is 15.2.